The molecule has 0 spiro atoms. The van der Waals surface area contributed by atoms with Gasteiger partial charge in [-0.3, -0.25) is 4.79 Å². The van der Waals surface area contributed by atoms with Gasteiger partial charge in [-0.05, 0) is 19.8 Å². The van der Waals surface area contributed by atoms with Crippen LogP contribution in [0.3, 0.4) is 0 Å². The van der Waals surface area contributed by atoms with E-state index < -0.39 is 36.2 Å². The number of aldehydes is 2. The number of ketones is 1. The van der Waals surface area contributed by atoms with Gasteiger partial charge >= 0.3 is 5.97 Å². The summed E-state index contributed by atoms with van der Waals surface area (Å²) in [5, 5.41) is 0. The van der Waals surface area contributed by atoms with E-state index >= 15 is 0 Å². The molecule has 0 bridgehead atoms. The van der Waals surface area contributed by atoms with E-state index in [0.29, 0.717) is 38.4 Å². The molecule has 0 aromatic heterocycles. The van der Waals surface area contributed by atoms with Crippen molar-refractivity contribution in [2.24, 2.45) is 17.6 Å². The Morgan fingerprint density at radius 1 is 1.12 bits per heavy atom. The number of Topliss-reactive ketones (excluding diaryl/α,β-unsaturated/α-hetero) is 1. The molecule has 8 nitrogen and oxygen atoms in total. The standard InChI is InChI=1S/C16H25NO7/c1-10(20)5-3-4-6-22-16-15(17)13(8-19)12(7-18)14(24-16)9-23-11(2)21/h7-8,12-16H,3-6,9,17H2,1-2H3/t12-,13?,14?,15+,16-/m1/s1. The van der Waals surface area contributed by atoms with Gasteiger partial charge in [-0.2, -0.15) is 0 Å². The predicted octanol–water partition coefficient (Wildman–Crippen LogP) is 0.00780. The van der Waals surface area contributed by atoms with Gasteiger partial charge in [-0.15, -0.1) is 0 Å². The summed E-state index contributed by atoms with van der Waals surface area (Å²) >= 11 is 0. The Morgan fingerprint density at radius 2 is 1.79 bits per heavy atom. The highest BCUT2D eigenvalue weighted by atomic mass is 16.7. The van der Waals surface area contributed by atoms with E-state index in [4.69, 9.17) is 19.9 Å². The van der Waals surface area contributed by atoms with Gasteiger partial charge in [-0.1, -0.05) is 0 Å². The van der Waals surface area contributed by atoms with E-state index in [1.54, 1.807) is 0 Å². The molecule has 24 heavy (non-hydrogen) atoms. The zero-order valence-electron chi connectivity index (χ0n) is 14.0. The van der Waals surface area contributed by atoms with Gasteiger partial charge in [0.1, 0.15) is 31.1 Å². The molecule has 5 atom stereocenters. The highest BCUT2D eigenvalue weighted by Gasteiger charge is 2.45. The van der Waals surface area contributed by atoms with Gasteiger partial charge in [0.15, 0.2) is 6.29 Å². The third kappa shape index (κ3) is 6.10. The average molecular weight is 343 g/mol. The van der Waals surface area contributed by atoms with Gasteiger partial charge in [0.05, 0.1) is 12.0 Å². The molecule has 1 fully saturated rings. The van der Waals surface area contributed by atoms with Gasteiger partial charge in [0, 0.05) is 25.9 Å². The molecular formula is C16H25NO7. The first-order valence-electron chi connectivity index (χ1n) is 7.96. The van der Waals surface area contributed by atoms with Crippen molar-refractivity contribution in [3.05, 3.63) is 0 Å². The summed E-state index contributed by atoms with van der Waals surface area (Å²) in [7, 11) is 0. The SMILES string of the molecule is CC(=O)CCCCO[C@@H]1OC(COC(C)=O)[C@H](C=O)C(C=O)[C@@H]1N. The van der Waals surface area contributed by atoms with Crippen LogP contribution in [0, 0.1) is 11.8 Å². The molecule has 0 aromatic rings. The summed E-state index contributed by atoms with van der Waals surface area (Å²) < 4.78 is 16.1. The number of carbonyl (C=O) groups is 4. The minimum atomic E-state index is -0.880. The highest BCUT2D eigenvalue weighted by molar-refractivity contribution is 5.75. The van der Waals surface area contributed by atoms with E-state index in [0.717, 1.165) is 0 Å². The second-order valence-electron chi connectivity index (χ2n) is 5.88. The summed E-state index contributed by atoms with van der Waals surface area (Å²) in [4.78, 5) is 44.5. The molecule has 1 aliphatic heterocycles. The maximum Gasteiger partial charge on any atom is 0.302 e. The average Bonchev–Trinajstić information content (AvgIpc) is 2.53. The summed E-state index contributed by atoms with van der Waals surface area (Å²) in [6.45, 7) is 2.92. The molecule has 1 heterocycles. The number of hydrogen-bond donors (Lipinski definition) is 1. The molecule has 1 rings (SSSR count). The zero-order chi connectivity index (χ0) is 18.1. The van der Waals surface area contributed by atoms with E-state index in [1.807, 2.05) is 0 Å². The van der Waals surface area contributed by atoms with E-state index in [2.05, 4.69) is 0 Å². The van der Waals surface area contributed by atoms with Gasteiger partial charge < -0.3 is 34.3 Å². The van der Waals surface area contributed by atoms with Crippen LogP contribution < -0.4 is 5.73 Å². The van der Waals surface area contributed by atoms with Crippen LogP contribution >= 0.6 is 0 Å². The highest BCUT2D eigenvalue weighted by Crippen LogP contribution is 2.29. The van der Waals surface area contributed by atoms with Crippen molar-refractivity contribution in [1.29, 1.82) is 0 Å². The van der Waals surface area contributed by atoms with Crippen molar-refractivity contribution < 1.29 is 33.4 Å². The summed E-state index contributed by atoms with van der Waals surface area (Å²) in [6.07, 6.45) is 1.33. The summed E-state index contributed by atoms with van der Waals surface area (Å²) in [6, 6.07) is -0.793. The van der Waals surface area contributed by atoms with Crippen molar-refractivity contribution in [2.45, 2.75) is 51.5 Å². The monoisotopic (exact) mass is 343 g/mol. The first-order valence-corrected chi connectivity index (χ1v) is 7.96. The van der Waals surface area contributed by atoms with Crippen LogP contribution in [0.5, 0.6) is 0 Å². The Labute approximate surface area is 141 Å². The van der Waals surface area contributed by atoms with E-state index in [-0.39, 0.29) is 12.4 Å². The lowest BCUT2D eigenvalue weighted by atomic mass is 9.82. The molecule has 2 unspecified atom stereocenters. The Morgan fingerprint density at radius 3 is 2.33 bits per heavy atom. The third-order valence-electron chi connectivity index (χ3n) is 3.91. The Kier molecular flexibility index (Phi) is 8.73. The molecule has 136 valence electrons. The van der Waals surface area contributed by atoms with Crippen LogP contribution in [0.25, 0.3) is 0 Å². The van der Waals surface area contributed by atoms with E-state index in [1.165, 1.54) is 13.8 Å². The molecule has 0 aliphatic carbocycles. The lowest BCUT2D eigenvalue weighted by Crippen LogP contribution is -2.58. The van der Waals surface area contributed by atoms with Crippen LogP contribution in [0.1, 0.15) is 33.1 Å². The number of hydrogen-bond acceptors (Lipinski definition) is 8. The number of unbranched alkanes of at least 4 members (excludes halogenated alkanes) is 1. The molecule has 1 saturated heterocycles. The lowest BCUT2D eigenvalue weighted by Gasteiger charge is -2.41. The third-order valence-corrected chi connectivity index (χ3v) is 3.91. The van der Waals surface area contributed by atoms with Gasteiger partial charge in [-0.25, -0.2) is 0 Å². The Bertz CT molecular complexity index is 454. The smallest absolute Gasteiger partial charge is 0.302 e. The molecule has 0 radical (unpaired) electrons. The van der Waals surface area contributed by atoms with Gasteiger partial charge in [0.25, 0.3) is 0 Å². The first-order chi connectivity index (χ1) is 11.4. The summed E-state index contributed by atoms with van der Waals surface area (Å²) in [5.74, 6) is -1.98. The number of ether oxygens (including phenoxy) is 3. The normalized spacial score (nSPS) is 29.7. The number of carbonyl (C=O) groups excluding carboxylic acids is 4. The predicted molar refractivity (Wildman–Crippen MR) is 82.9 cm³/mol. The van der Waals surface area contributed by atoms with Crippen LogP contribution in [0.2, 0.25) is 0 Å². The summed E-state index contributed by atoms with van der Waals surface area (Å²) in [5.41, 5.74) is 5.98. The van der Waals surface area contributed by atoms with Crippen LogP contribution in [-0.2, 0) is 33.4 Å². The largest absolute Gasteiger partial charge is 0.463 e. The maximum atomic E-state index is 11.3. The molecule has 2 N–H and O–H groups in total. The fourth-order valence-corrected chi connectivity index (χ4v) is 2.58. The van der Waals surface area contributed by atoms with Crippen LogP contribution in [0.4, 0.5) is 0 Å². The lowest BCUT2D eigenvalue weighted by molar-refractivity contribution is -0.236. The second kappa shape index (κ2) is 10.3. The fourth-order valence-electron chi connectivity index (χ4n) is 2.58. The van der Waals surface area contributed by atoms with Crippen LogP contribution in [-0.4, -0.2) is 56.0 Å². The Hall–Kier alpha value is -1.64. The molecule has 0 amide bonds. The zero-order valence-corrected chi connectivity index (χ0v) is 14.0. The van der Waals surface area contributed by atoms with Crippen molar-refractivity contribution in [3.63, 3.8) is 0 Å². The van der Waals surface area contributed by atoms with Gasteiger partial charge in [0.2, 0.25) is 0 Å². The Balaban J connectivity index is 2.63. The topological polar surface area (TPSA) is 122 Å². The minimum absolute atomic E-state index is 0.108. The molecular weight excluding hydrogens is 318 g/mol. The van der Waals surface area contributed by atoms with Crippen molar-refractivity contribution in [2.75, 3.05) is 13.2 Å². The number of esters is 1. The van der Waals surface area contributed by atoms with Crippen LogP contribution in [0.15, 0.2) is 0 Å². The minimum Gasteiger partial charge on any atom is -0.463 e. The second-order valence-corrected chi connectivity index (χ2v) is 5.88. The van der Waals surface area contributed by atoms with Crippen molar-refractivity contribution in [1.82, 2.24) is 0 Å². The number of rotatable bonds is 10. The first kappa shape index (κ1) is 20.4. The van der Waals surface area contributed by atoms with Crippen molar-refractivity contribution in [3.8, 4) is 0 Å². The quantitative estimate of drug-likeness (QED) is 0.334. The molecule has 0 saturated carbocycles. The number of nitrogens with two attached hydrogens (primary N) is 1. The maximum absolute atomic E-state index is 11.3. The molecule has 1 aliphatic rings. The molecule has 8 heteroatoms. The molecule has 0 aromatic carbocycles. The van der Waals surface area contributed by atoms with Crippen molar-refractivity contribution >= 4 is 24.3 Å². The van der Waals surface area contributed by atoms with E-state index in [9.17, 15) is 19.2 Å². The fraction of sp³-hybridized carbons (Fsp3) is 0.750.